The molecular weight excluding hydrogens is 202 g/mol. The zero-order valence-corrected chi connectivity index (χ0v) is 9.80. The fraction of sp³-hybridized carbons (Fsp3) is 1.00. The topological polar surface area (TPSA) is 32.7 Å². The van der Waals surface area contributed by atoms with E-state index in [1.165, 1.54) is 6.42 Å². The van der Waals surface area contributed by atoms with Crippen LogP contribution in [0.3, 0.4) is 0 Å². The van der Waals surface area contributed by atoms with Crippen molar-refractivity contribution < 1.29 is 9.84 Å². The zero-order valence-electron chi connectivity index (χ0n) is 9.04. The van der Waals surface area contributed by atoms with Crippen LogP contribution in [-0.2, 0) is 4.74 Å². The molecule has 0 aliphatic rings. The van der Waals surface area contributed by atoms with E-state index >= 15 is 0 Å². The Morgan fingerprint density at radius 3 is 2.50 bits per heavy atom. The van der Waals surface area contributed by atoms with E-state index in [1.807, 2.05) is 0 Å². The van der Waals surface area contributed by atoms with Crippen molar-refractivity contribution in [1.82, 2.24) is 4.90 Å². The summed E-state index contributed by atoms with van der Waals surface area (Å²) < 4.78 is 5.00. The summed E-state index contributed by atoms with van der Waals surface area (Å²) in [5.74, 6) is 0.748. The molecular formula is C10H22ClNO2. The van der Waals surface area contributed by atoms with Crippen molar-refractivity contribution >= 4 is 11.6 Å². The summed E-state index contributed by atoms with van der Waals surface area (Å²) in [5, 5.41) is 8.84. The number of ether oxygens (including phenoxy) is 1. The minimum absolute atomic E-state index is 0.221. The second-order valence-corrected chi connectivity index (χ2v) is 3.69. The summed E-state index contributed by atoms with van der Waals surface area (Å²) in [6.45, 7) is 3.62. The number of rotatable bonds is 10. The van der Waals surface area contributed by atoms with Gasteiger partial charge in [0, 0.05) is 26.1 Å². The van der Waals surface area contributed by atoms with E-state index in [2.05, 4.69) is 4.90 Å². The first-order valence-corrected chi connectivity index (χ1v) is 5.76. The van der Waals surface area contributed by atoms with Crippen LogP contribution in [0, 0.1) is 0 Å². The van der Waals surface area contributed by atoms with E-state index in [0.717, 1.165) is 45.0 Å². The van der Waals surface area contributed by atoms with E-state index in [9.17, 15) is 0 Å². The molecule has 3 nitrogen and oxygen atoms in total. The largest absolute Gasteiger partial charge is 0.395 e. The molecule has 0 aliphatic carbocycles. The summed E-state index contributed by atoms with van der Waals surface area (Å²) in [6.07, 6.45) is 3.40. The average Bonchev–Trinajstić information content (AvgIpc) is 2.20. The van der Waals surface area contributed by atoms with Crippen LogP contribution < -0.4 is 0 Å². The van der Waals surface area contributed by atoms with Gasteiger partial charge in [-0.1, -0.05) is 6.42 Å². The highest BCUT2D eigenvalue weighted by molar-refractivity contribution is 6.17. The standard InChI is InChI=1S/C10H22ClNO2/c1-14-10-8-12(7-9-13)6-4-2-3-5-11/h13H,2-10H2,1H3. The number of halogens is 1. The van der Waals surface area contributed by atoms with Crippen molar-refractivity contribution in [2.45, 2.75) is 19.3 Å². The smallest absolute Gasteiger partial charge is 0.0589 e. The first-order chi connectivity index (χ1) is 6.85. The normalized spacial score (nSPS) is 11.1. The van der Waals surface area contributed by atoms with Gasteiger partial charge in [-0.2, -0.15) is 0 Å². The highest BCUT2D eigenvalue weighted by atomic mass is 35.5. The predicted octanol–water partition coefficient (Wildman–Crippen LogP) is 1.34. The fourth-order valence-corrected chi connectivity index (χ4v) is 1.49. The third-order valence-corrected chi connectivity index (χ3v) is 2.40. The molecule has 0 heterocycles. The molecule has 86 valence electrons. The number of hydrogen-bond acceptors (Lipinski definition) is 3. The van der Waals surface area contributed by atoms with Crippen LogP contribution in [0.25, 0.3) is 0 Å². The average molecular weight is 224 g/mol. The lowest BCUT2D eigenvalue weighted by molar-refractivity contribution is 0.129. The second-order valence-electron chi connectivity index (χ2n) is 3.31. The lowest BCUT2D eigenvalue weighted by atomic mass is 10.2. The predicted molar refractivity (Wildman–Crippen MR) is 60.0 cm³/mol. The van der Waals surface area contributed by atoms with Crippen LogP contribution in [0.4, 0.5) is 0 Å². The molecule has 0 spiro atoms. The quantitative estimate of drug-likeness (QED) is 0.448. The van der Waals surface area contributed by atoms with Crippen molar-refractivity contribution in [1.29, 1.82) is 0 Å². The maximum atomic E-state index is 8.84. The monoisotopic (exact) mass is 223 g/mol. The molecule has 4 heteroatoms. The van der Waals surface area contributed by atoms with Gasteiger partial charge in [-0.25, -0.2) is 0 Å². The van der Waals surface area contributed by atoms with Crippen molar-refractivity contribution in [2.75, 3.05) is 45.8 Å². The van der Waals surface area contributed by atoms with Gasteiger partial charge in [0.05, 0.1) is 13.2 Å². The Kier molecular flexibility index (Phi) is 11.4. The molecule has 14 heavy (non-hydrogen) atoms. The van der Waals surface area contributed by atoms with Gasteiger partial charge in [-0.15, -0.1) is 11.6 Å². The molecule has 0 rings (SSSR count). The van der Waals surface area contributed by atoms with E-state index in [0.29, 0.717) is 0 Å². The highest BCUT2D eigenvalue weighted by Crippen LogP contribution is 2.00. The molecule has 0 saturated carbocycles. The number of methoxy groups -OCH3 is 1. The highest BCUT2D eigenvalue weighted by Gasteiger charge is 2.02. The molecule has 1 N–H and O–H groups in total. The summed E-state index contributed by atoms with van der Waals surface area (Å²) in [4.78, 5) is 2.22. The van der Waals surface area contributed by atoms with Gasteiger partial charge < -0.3 is 9.84 Å². The molecule has 0 atom stereocenters. The van der Waals surface area contributed by atoms with Crippen LogP contribution >= 0.6 is 11.6 Å². The fourth-order valence-electron chi connectivity index (χ4n) is 1.30. The molecule has 0 aliphatic heterocycles. The summed E-state index contributed by atoms with van der Waals surface area (Å²) in [7, 11) is 1.70. The van der Waals surface area contributed by atoms with Crippen molar-refractivity contribution in [2.24, 2.45) is 0 Å². The van der Waals surface area contributed by atoms with Gasteiger partial charge in [-0.3, -0.25) is 4.90 Å². The Labute approximate surface area is 92.0 Å². The lowest BCUT2D eigenvalue weighted by Crippen LogP contribution is -2.31. The lowest BCUT2D eigenvalue weighted by Gasteiger charge is -2.20. The van der Waals surface area contributed by atoms with Gasteiger partial charge in [0.15, 0.2) is 0 Å². The molecule has 0 saturated heterocycles. The SMILES string of the molecule is COCCN(CCO)CCCCCCl. The Bertz CT molecular complexity index is 114. The maximum absolute atomic E-state index is 8.84. The Balaban J connectivity index is 3.40. The molecule has 0 amide bonds. The molecule has 0 aromatic heterocycles. The molecule has 0 unspecified atom stereocenters. The van der Waals surface area contributed by atoms with E-state index in [4.69, 9.17) is 21.4 Å². The van der Waals surface area contributed by atoms with Crippen LogP contribution in [-0.4, -0.2) is 55.8 Å². The Morgan fingerprint density at radius 2 is 1.93 bits per heavy atom. The first kappa shape index (κ1) is 14.2. The van der Waals surface area contributed by atoms with E-state index in [-0.39, 0.29) is 6.61 Å². The third kappa shape index (κ3) is 8.75. The van der Waals surface area contributed by atoms with Gasteiger partial charge >= 0.3 is 0 Å². The van der Waals surface area contributed by atoms with E-state index < -0.39 is 0 Å². The van der Waals surface area contributed by atoms with E-state index in [1.54, 1.807) is 7.11 Å². The number of aliphatic hydroxyl groups excluding tert-OH is 1. The van der Waals surface area contributed by atoms with Gasteiger partial charge in [0.2, 0.25) is 0 Å². The zero-order chi connectivity index (χ0) is 10.6. The molecule has 0 aromatic rings. The Morgan fingerprint density at radius 1 is 1.14 bits per heavy atom. The van der Waals surface area contributed by atoms with Gasteiger partial charge in [0.25, 0.3) is 0 Å². The van der Waals surface area contributed by atoms with Crippen molar-refractivity contribution in [3.63, 3.8) is 0 Å². The van der Waals surface area contributed by atoms with Gasteiger partial charge in [-0.05, 0) is 19.4 Å². The summed E-state index contributed by atoms with van der Waals surface area (Å²) in [5.41, 5.74) is 0. The van der Waals surface area contributed by atoms with Crippen LogP contribution in [0.1, 0.15) is 19.3 Å². The number of nitrogens with zero attached hydrogens (tertiary/aromatic N) is 1. The third-order valence-electron chi connectivity index (χ3n) is 2.14. The molecule has 0 radical (unpaired) electrons. The number of hydrogen-bond donors (Lipinski definition) is 1. The minimum Gasteiger partial charge on any atom is -0.395 e. The maximum Gasteiger partial charge on any atom is 0.0589 e. The first-order valence-electron chi connectivity index (χ1n) is 5.23. The second kappa shape index (κ2) is 11.2. The Hall–Kier alpha value is 0.170. The number of alkyl halides is 1. The molecule has 0 bridgehead atoms. The number of aliphatic hydroxyl groups is 1. The molecule has 0 aromatic carbocycles. The van der Waals surface area contributed by atoms with Crippen LogP contribution in [0.2, 0.25) is 0 Å². The summed E-state index contributed by atoms with van der Waals surface area (Å²) in [6, 6.07) is 0. The van der Waals surface area contributed by atoms with Gasteiger partial charge in [0.1, 0.15) is 0 Å². The summed E-state index contributed by atoms with van der Waals surface area (Å²) >= 11 is 5.59. The number of unbranched alkanes of at least 4 members (excludes halogenated alkanes) is 2. The van der Waals surface area contributed by atoms with Crippen LogP contribution in [0.15, 0.2) is 0 Å². The molecule has 0 fully saturated rings. The van der Waals surface area contributed by atoms with Crippen molar-refractivity contribution in [3.8, 4) is 0 Å². The minimum atomic E-state index is 0.221. The van der Waals surface area contributed by atoms with Crippen molar-refractivity contribution in [3.05, 3.63) is 0 Å². The van der Waals surface area contributed by atoms with Crippen LogP contribution in [0.5, 0.6) is 0 Å².